The molecule has 1 nitrogen and oxygen atoms in total. The molecule has 1 N–H and O–H groups in total. The van der Waals surface area contributed by atoms with E-state index in [9.17, 15) is 13.2 Å². The maximum atomic E-state index is 13.4. The first-order valence-corrected chi connectivity index (χ1v) is 4.54. The minimum absolute atomic E-state index is 0.00435. The highest BCUT2D eigenvalue weighted by molar-refractivity contribution is 6.30. The van der Waals surface area contributed by atoms with E-state index in [0.29, 0.717) is 0 Å². The Labute approximate surface area is 88.8 Å². The molecule has 1 aliphatic carbocycles. The smallest absolute Gasteiger partial charge is 0.305 e. The number of aliphatic hydroxyl groups is 1. The third kappa shape index (κ3) is 1.54. The number of rotatable bonds is 0. The molecule has 1 atom stereocenters. The molecule has 0 fully saturated rings. The molecule has 1 aliphatic rings. The van der Waals surface area contributed by atoms with E-state index in [2.05, 4.69) is 0 Å². The van der Waals surface area contributed by atoms with E-state index < -0.39 is 23.4 Å². The zero-order valence-corrected chi connectivity index (χ0v) is 8.10. The lowest BCUT2D eigenvalue weighted by atomic mass is 9.91. The van der Waals surface area contributed by atoms with Crippen LogP contribution < -0.4 is 0 Å². The fraction of sp³-hybridized carbons (Fsp3) is 0.200. The molecule has 0 heterocycles. The molecule has 0 amide bonds. The van der Waals surface area contributed by atoms with Crippen molar-refractivity contribution in [1.29, 1.82) is 0 Å². The van der Waals surface area contributed by atoms with Crippen molar-refractivity contribution < 1.29 is 18.3 Å². The van der Waals surface area contributed by atoms with E-state index >= 15 is 0 Å². The number of hydrogen-bond acceptors (Lipinski definition) is 1. The maximum absolute atomic E-state index is 13.4. The van der Waals surface area contributed by atoms with E-state index in [1.165, 1.54) is 12.1 Å². The van der Waals surface area contributed by atoms with Gasteiger partial charge in [0.1, 0.15) is 11.9 Å². The summed E-state index contributed by atoms with van der Waals surface area (Å²) in [7, 11) is 0. The SMILES string of the molecule is OC1C=Cc2cc(Cl)cc(F)c2C1(F)F. The van der Waals surface area contributed by atoms with Gasteiger partial charge in [0.15, 0.2) is 0 Å². The normalized spacial score (nSPS) is 22.6. The summed E-state index contributed by atoms with van der Waals surface area (Å²) in [5, 5.41) is 9.09. The third-order valence-corrected chi connectivity index (χ3v) is 2.47. The Hall–Kier alpha value is -1.00. The van der Waals surface area contributed by atoms with E-state index in [0.717, 1.165) is 12.1 Å². The fourth-order valence-corrected chi connectivity index (χ4v) is 1.75. The van der Waals surface area contributed by atoms with E-state index in [-0.39, 0.29) is 10.6 Å². The average molecular weight is 235 g/mol. The summed E-state index contributed by atoms with van der Waals surface area (Å²) in [5.41, 5.74) is -0.808. The highest BCUT2D eigenvalue weighted by Gasteiger charge is 2.45. The van der Waals surface area contributed by atoms with Crippen LogP contribution in [0.25, 0.3) is 6.08 Å². The molecule has 0 aliphatic heterocycles. The Balaban J connectivity index is 2.71. The van der Waals surface area contributed by atoms with Gasteiger partial charge in [-0.3, -0.25) is 0 Å². The molecule has 1 aromatic carbocycles. The van der Waals surface area contributed by atoms with Crippen molar-refractivity contribution in [3.05, 3.63) is 40.2 Å². The van der Waals surface area contributed by atoms with Crippen LogP contribution in [-0.4, -0.2) is 11.2 Å². The first-order chi connectivity index (χ1) is 6.93. The topological polar surface area (TPSA) is 20.2 Å². The number of hydrogen-bond donors (Lipinski definition) is 1. The number of aliphatic hydroxyl groups excluding tert-OH is 1. The summed E-state index contributed by atoms with van der Waals surface area (Å²) in [6.45, 7) is 0. The molecule has 0 aromatic heterocycles. The van der Waals surface area contributed by atoms with Crippen molar-refractivity contribution in [2.45, 2.75) is 12.0 Å². The van der Waals surface area contributed by atoms with Crippen molar-refractivity contribution in [1.82, 2.24) is 0 Å². The highest BCUT2D eigenvalue weighted by atomic mass is 35.5. The van der Waals surface area contributed by atoms with Crippen molar-refractivity contribution in [2.75, 3.05) is 0 Å². The molecule has 80 valence electrons. The van der Waals surface area contributed by atoms with Gasteiger partial charge in [0, 0.05) is 5.02 Å². The lowest BCUT2D eigenvalue weighted by Gasteiger charge is -2.26. The fourth-order valence-electron chi connectivity index (χ4n) is 1.54. The summed E-state index contributed by atoms with van der Waals surface area (Å²) >= 11 is 5.53. The van der Waals surface area contributed by atoms with Crippen molar-refractivity contribution in [2.24, 2.45) is 0 Å². The van der Waals surface area contributed by atoms with Crippen LogP contribution in [-0.2, 0) is 5.92 Å². The molecular formula is C10H6ClF3O. The molecule has 0 saturated carbocycles. The van der Waals surface area contributed by atoms with Gasteiger partial charge in [-0.05, 0) is 23.8 Å². The van der Waals surface area contributed by atoms with Crippen LogP contribution in [0.2, 0.25) is 5.02 Å². The third-order valence-electron chi connectivity index (χ3n) is 2.25. The minimum Gasteiger partial charge on any atom is -0.382 e. The van der Waals surface area contributed by atoms with Crippen LogP contribution in [0, 0.1) is 5.82 Å². The van der Waals surface area contributed by atoms with E-state index in [4.69, 9.17) is 16.7 Å². The molecule has 2 rings (SSSR count). The molecule has 1 unspecified atom stereocenters. The van der Waals surface area contributed by atoms with Gasteiger partial charge in [0.2, 0.25) is 0 Å². The molecular weight excluding hydrogens is 229 g/mol. The van der Waals surface area contributed by atoms with E-state index in [1.54, 1.807) is 0 Å². The lowest BCUT2D eigenvalue weighted by molar-refractivity contribution is -0.0963. The van der Waals surface area contributed by atoms with E-state index in [1.807, 2.05) is 0 Å². The van der Waals surface area contributed by atoms with Gasteiger partial charge in [-0.2, -0.15) is 8.78 Å². The predicted molar refractivity (Wildman–Crippen MR) is 50.3 cm³/mol. The summed E-state index contributed by atoms with van der Waals surface area (Å²) < 4.78 is 40.1. The van der Waals surface area contributed by atoms with Crippen LogP contribution in [0.4, 0.5) is 13.2 Å². The zero-order chi connectivity index (χ0) is 11.2. The van der Waals surface area contributed by atoms with Crippen LogP contribution >= 0.6 is 11.6 Å². The van der Waals surface area contributed by atoms with Crippen LogP contribution in [0.5, 0.6) is 0 Å². The Morgan fingerprint density at radius 2 is 2.00 bits per heavy atom. The monoisotopic (exact) mass is 234 g/mol. The van der Waals surface area contributed by atoms with Crippen molar-refractivity contribution in [3.8, 4) is 0 Å². The summed E-state index contributed by atoms with van der Waals surface area (Å²) in [6, 6.07) is 2.04. The van der Waals surface area contributed by atoms with Crippen LogP contribution in [0.3, 0.4) is 0 Å². The number of benzene rings is 1. The molecule has 5 heteroatoms. The number of fused-ring (bicyclic) bond motifs is 1. The maximum Gasteiger partial charge on any atom is 0.305 e. The molecule has 0 spiro atoms. The predicted octanol–water partition coefficient (Wildman–Crippen LogP) is 2.96. The van der Waals surface area contributed by atoms with Gasteiger partial charge in [-0.1, -0.05) is 17.7 Å². The molecule has 0 radical (unpaired) electrons. The van der Waals surface area contributed by atoms with Crippen LogP contribution in [0.15, 0.2) is 18.2 Å². The second-order valence-corrected chi connectivity index (χ2v) is 3.72. The summed E-state index contributed by atoms with van der Waals surface area (Å²) in [5.74, 6) is -4.72. The van der Waals surface area contributed by atoms with Gasteiger partial charge in [-0.15, -0.1) is 0 Å². The number of alkyl halides is 2. The zero-order valence-electron chi connectivity index (χ0n) is 7.35. The molecule has 15 heavy (non-hydrogen) atoms. The molecule has 1 aromatic rings. The standard InChI is InChI=1S/C10H6ClF3O/c11-6-3-5-1-2-8(15)10(13,14)9(5)7(12)4-6/h1-4,8,15H. The van der Waals surface area contributed by atoms with Gasteiger partial charge in [0.05, 0.1) is 5.56 Å². The second-order valence-electron chi connectivity index (χ2n) is 3.28. The van der Waals surface area contributed by atoms with Crippen LogP contribution in [0.1, 0.15) is 11.1 Å². The number of halogens is 4. The van der Waals surface area contributed by atoms with Gasteiger partial charge in [-0.25, -0.2) is 4.39 Å². The Bertz CT molecular complexity index is 443. The average Bonchev–Trinajstić information content (AvgIpc) is 2.10. The highest BCUT2D eigenvalue weighted by Crippen LogP contribution is 2.41. The largest absolute Gasteiger partial charge is 0.382 e. The van der Waals surface area contributed by atoms with Crippen molar-refractivity contribution in [3.63, 3.8) is 0 Å². The lowest BCUT2D eigenvalue weighted by Crippen LogP contribution is -2.33. The Morgan fingerprint density at radius 1 is 1.33 bits per heavy atom. The molecule has 0 bridgehead atoms. The quantitative estimate of drug-likeness (QED) is 0.732. The van der Waals surface area contributed by atoms with Crippen molar-refractivity contribution >= 4 is 17.7 Å². The first kappa shape index (κ1) is 10.5. The Kier molecular flexibility index (Phi) is 2.28. The summed E-state index contributed by atoms with van der Waals surface area (Å²) in [6.07, 6.45) is 0.144. The summed E-state index contributed by atoms with van der Waals surface area (Å²) in [4.78, 5) is 0. The second kappa shape index (κ2) is 3.25. The van der Waals surface area contributed by atoms with Gasteiger partial charge < -0.3 is 5.11 Å². The molecule has 0 saturated heterocycles. The first-order valence-electron chi connectivity index (χ1n) is 4.16. The Morgan fingerprint density at radius 3 is 2.67 bits per heavy atom. The van der Waals surface area contributed by atoms with Gasteiger partial charge >= 0.3 is 5.92 Å². The minimum atomic E-state index is -3.61. The van der Waals surface area contributed by atoms with Gasteiger partial charge in [0.25, 0.3) is 0 Å².